The van der Waals surface area contributed by atoms with Crippen molar-refractivity contribution in [2.24, 2.45) is 16.2 Å². The highest BCUT2D eigenvalue weighted by atomic mass is 32.2. The number of piperazine rings is 2. The van der Waals surface area contributed by atoms with Gasteiger partial charge in [0.1, 0.15) is 10.9 Å². The van der Waals surface area contributed by atoms with Crippen LogP contribution in [0.2, 0.25) is 0 Å². The molecule has 0 spiro atoms. The normalized spacial score (nSPS) is 23.3. The third kappa shape index (κ3) is 14.3. The van der Waals surface area contributed by atoms with Crippen LogP contribution in [0.4, 0.5) is 30.2 Å². The van der Waals surface area contributed by atoms with Gasteiger partial charge in [0.15, 0.2) is 0 Å². The SMILES string of the molecule is CCC12CC(C3=C(CN4CCN(c5ccc(C(=O)NS(=O)(=O)c6ccc(N[C@H](CCN7CCN(C(=O)CCCCNc8ccc9c(c8)C(=O)N(C8CCC(=O)NC8=O)C9=O)CC7)CSc7ccccc7)c(S(=O)(=O)C(F)(F)F)c6)cc5)CC4)CCC(C)(C)C3)(C1)C2. The number of sulfonamides is 1. The number of hydrogen-bond donors (Lipinski definition) is 4. The number of carbonyl (C=O) groups excluding carboxylic acids is 6. The van der Waals surface area contributed by atoms with Crippen LogP contribution < -0.4 is 25.6 Å². The third-order valence-electron chi connectivity index (χ3n) is 19.7. The highest BCUT2D eigenvalue weighted by molar-refractivity contribution is 7.99. The molecule has 91 heavy (non-hydrogen) atoms. The van der Waals surface area contributed by atoms with Crippen LogP contribution in [0.3, 0.4) is 0 Å². The van der Waals surface area contributed by atoms with E-state index in [9.17, 15) is 58.8 Å². The van der Waals surface area contributed by atoms with Crippen molar-refractivity contribution < 1.29 is 58.8 Å². The second-order valence-electron chi connectivity index (χ2n) is 26.5. The predicted octanol–water partition coefficient (Wildman–Crippen LogP) is 9.10. The largest absolute Gasteiger partial charge is 0.501 e. The van der Waals surface area contributed by atoms with E-state index in [0.717, 1.165) is 66.8 Å². The summed E-state index contributed by atoms with van der Waals surface area (Å²) >= 11 is 1.40. The first kappa shape index (κ1) is 65.7. The van der Waals surface area contributed by atoms with Gasteiger partial charge >= 0.3 is 5.51 Å². The zero-order valence-corrected chi connectivity index (χ0v) is 54.1. The quantitative estimate of drug-likeness (QED) is 0.0222. The molecule has 3 saturated carbocycles. The number of piperidine rings is 1. The van der Waals surface area contributed by atoms with E-state index < -0.39 is 82.5 Å². The number of alkyl halides is 3. The van der Waals surface area contributed by atoms with Crippen molar-refractivity contribution in [3.05, 3.63) is 119 Å². The number of rotatable bonds is 24. The number of thioether (sulfide) groups is 1. The second kappa shape index (κ2) is 26.3. The lowest BCUT2D eigenvalue weighted by molar-refractivity contribution is -0.182. The summed E-state index contributed by atoms with van der Waals surface area (Å²) in [6.45, 7) is 14.1. The van der Waals surface area contributed by atoms with Gasteiger partial charge in [-0.15, -0.1) is 11.8 Å². The van der Waals surface area contributed by atoms with Gasteiger partial charge in [0.25, 0.3) is 37.6 Å². The van der Waals surface area contributed by atoms with Crippen LogP contribution in [-0.4, -0.2) is 167 Å². The zero-order chi connectivity index (χ0) is 64.7. The number of carbonyl (C=O) groups is 6. The number of amides is 6. The first-order valence-electron chi connectivity index (χ1n) is 31.6. The Labute approximate surface area is 534 Å². The molecule has 4 aliphatic carbocycles. The van der Waals surface area contributed by atoms with Gasteiger partial charge in [-0.2, -0.15) is 13.2 Å². The molecule has 0 aromatic heterocycles. The number of anilines is 3. The van der Waals surface area contributed by atoms with Gasteiger partial charge < -0.3 is 20.4 Å². The summed E-state index contributed by atoms with van der Waals surface area (Å²) in [5.41, 5.74) is 0.187. The molecular formula is C66H80F3N9O10S3. The fourth-order valence-electron chi connectivity index (χ4n) is 14.5. The van der Waals surface area contributed by atoms with Crippen LogP contribution in [0, 0.1) is 16.2 Å². The van der Waals surface area contributed by atoms with Crippen molar-refractivity contribution in [3.63, 3.8) is 0 Å². The summed E-state index contributed by atoms with van der Waals surface area (Å²) in [7, 11) is -11.1. The van der Waals surface area contributed by atoms with Crippen LogP contribution >= 0.6 is 11.8 Å². The van der Waals surface area contributed by atoms with Crippen molar-refractivity contribution in [3.8, 4) is 0 Å². The van der Waals surface area contributed by atoms with Crippen LogP contribution in [-0.2, 0) is 34.2 Å². The third-order valence-corrected chi connectivity index (χ3v) is 23.8. The first-order chi connectivity index (χ1) is 43.2. The van der Waals surface area contributed by atoms with Gasteiger partial charge in [0.2, 0.25) is 17.7 Å². The Bertz CT molecular complexity index is 3720. The lowest BCUT2D eigenvalue weighted by Crippen LogP contribution is -2.63. The number of hydrogen-bond acceptors (Lipinski definition) is 16. The van der Waals surface area contributed by atoms with E-state index in [4.69, 9.17) is 0 Å². The summed E-state index contributed by atoms with van der Waals surface area (Å²) in [5.74, 6) is -3.15. The fourth-order valence-corrected chi connectivity index (χ4v) is 17.5. The molecule has 2 bridgehead atoms. The van der Waals surface area contributed by atoms with E-state index in [1.165, 1.54) is 68.5 Å². The Morgan fingerprint density at radius 3 is 2.16 bits per heavy atom. The van der Waals surface area contributed by atoms with E-state index >= 15 is 0 Å². The molecule has 3 saturated heterocycles. The van der Waals surface area contributed by atoms with Crippen molar-refractivity contribution in [1.82, 2.24) is 29.6 Å². The topological polar surface area (TPSA) is 235 Å². The summed E-state index contributed by atoms with van der Waals surface area (Å²) in [5, 5.41) is 8.43. The van der Waals surface area contributed by atoms with E-state index in [1.807, 2.05) is 35.1 Å². The minimum Gasteiger partial charge on any atom is -0.385 e. The van der Waals surface area contributed by atoms with E-state index in [0.29, 0.717) is 86.5 Å². The molecule has 1 unspecified atom stereocenters. The van der Waals surface area contributed by atoms with Crippen molar-refractivity contribution in [1.29, 1.82) is 0 Å². The number of nitrogens with one attached hydrogen (secondary N) is 4. The van der Waals surface area contributed by atoms with Crippen molar-refractivity contribution in [2.75, 3.05) is 93.3 Å². The Morgan fingerprint density at radius 2 is 1.48 bits per heavy atom. The smallest absolute Gasteiger partial charge is 0.385 e. The van der Waals surface area contributed by atoms with Crippen molar-refractivity contribution >= 4 is 84.1 Å². The highest BCUT2D eigenvalue weighted by Gasteiger charge is 2.68. The van der Waals surface area contributed by atoms with Crippen molar-refractivity contribution in [2.45, 2.75) is 137 Å². The molecule has 4 aliphatic heterocycles. The number of imide groups is 2. The van der Waals surface area contributed by atoms with Gasteiger partial charge in [-0.3, -0.25) is 48.8 Å². The number of nitrogens with zero attached hydrogens (tertiary/aromatic N) is 5. The monoisotopic (exact) mass is 1310 g/mol. The Kier molecular flexibility index (Phi) is 19.0. The number of fused-ring (bicyclic) bond motifs is 1. The van der Waals surface area contributed by atoms with Gasteiger partial charge in [-0.25, -0.2) is 21.6 Å². The zero-order valence-electron chi connectivity index (χ0n) is 51.7. The predicted molar refractivity (Wildman–Crippen MR) is 341 cm³/mol. The number of allylic oxidation sites excluding steroid dienone is 1. The molecule has 25 heteroatoms. The highest BCUT2D eigenvalue weighted by Crippen LogP contribution is 2.79. The molecule has 488 valence electrons. The molecule has 6 amide bonds. The van der Waals surface area contributed by atoms with Gasteiger partial charge in [0.05, 0.1) is 21.7 Å². The van der Waals surface area contributed by atoms with Crippen LogP contribution in [0.1, 0.15) is 135 Å². The second-order valence-corrected chi connectivity index (χ2v) is 31.2. The minimum absolute atomic E-state index is 0.0153. The molecule has 4 N–H and O–H groups in total. The molecule has 19 nitrogen and oxygen atoms in total. The fraction of sp³-hybridized carbons (Fsp3) is 0.515. The average Bonchev–Trinajstić information content (AvgIpc) is 1.14. The number of sulfone groups is 1. The van der Waals surface area contributed by atoms with E-state index in [-0.39, 0.29) is 47.6 Å². The Hall–Kier alpha value is -6.80. The molecule has 4 heterocycles. The Balaban J connectivity index is 0.668. The summed E-state index contributed by atoms with van der Waals surface area (Å²) in [4.78, 5) is 85.6. The maximum absolute atomic E-state index is 14.5. The van der Waals surface area contributed by atoms with Gasteiger partial charge in [0, 0.05) is 118 Å². The van der Waals surface area contributed by atoms with E-state index in [2.05, 4.69) is 51.4 Å². The first-order valence-corrected chi connectivity index (χ1v) is 35.6. The standard InChI is InChI=1S/C66H80F3N9O10S3/c1-4-64-41-65(42-64,43-64)53-38-63(2,3)25-23-45(53)39-75-30-32-76(33-31-75)48-16-13-44(14-17-48)59(81)73-91(87,88)50-18-20-54(56(37-50)90(85,86)66(67,68)69)71-47(40-89-49-10-6-5-7-11-49)24-27-74-28-34-77(35-29-74)58(80)12-8-9-26-70-46-15-19-51-52(36-46)62(84)78(61(51)83)55-21-22-57(79)72-60(55)82/h5-7,10-11,13-20,36-37,47,55,70-71H,4,8-9,12,21-35,38-43H2,1-3H3,(H,73,81)(H,72,79,82)/t47-,55?,64?,65?/m1/s1. The number of benzene rings is 4. The van der Waals surface area contributed by atoms with E-state index in [1.54, 1.807) is 40.3 Å². The minimum atomic E-state index is -6.16. The lowest BCUT2D eigenvalue weighted by atomic mass is 9.31. The van der Waals surface area contributed by atoms with Gasteiger partial charge in [-0.1, -0.05) is 56.5 Å². The summed E-state index contributed by atoms with van der Waals surface area (Å²) < 4.78 is 99.9. The molecule has 12 rings (SSSR count). The number of halogens is 3. The maximum Gasteiger partial charge on any atom is 0.501 e. The maximum atomic E-state index is 14.5. The van der Waals surface area contributed by atoms with Crippen LogP contribution in [0.15, 0.2) is 117 Å². The lowest BCUT2D eigenvalue weighted by Gasteiger charge is -2.73. The van der Waals surface area contributed by atoms with Gasteiger partial charge in [-0.05, 0) is 153 Å². The van der Waals surface area contributed by atoms with Crippen LogP contribution in [0.5, 0.6) is 0 Å². The molecule has 0 radical (unpaired) electrons. The molecule has 4 aromatic carbocycles. The number of unbranched alkanes of at least 4 members (excludes halogenated alkanes) is 1. The molecule has 6 fully saturated rings. The molecule has 2 atom stereocenters. The molecule has 4 aromatic rings. The summed E-state index contributed by atoms with van der Waals surface area (Å²) in [6, 6.07) is 21.1. The average molecular weight is 1310 g/mol. The summed E-state index contributed by atoms with van der Waals surface area (Å²) in [6.07, 6.45) is 10.7. The van der Waals surface area contributed by atoms with Crippen LogP contribution in [0.25, 0.3) is 0 Å². The molecular weight excluding hydrogens is 1230 g/mol. The Morgan fingerprint density at radius 1 is 0.791 bits per heavy atom. The molecule has 8 aliphatic rings.